The zero-order valence-corrected chi connectivity index (χ0v) is 8.08. The van der Waals surface area contributed by atoms with Crippen molar-refractivity contribution in [3.05, 3.63) is 22.2 Å². The van der Waals surface area contributed by atoms with E-state index in [0.29, 0.717) is 0 Å². The standard InChI is InChI=1S/C6H5Cl2NO2S/c7-3-1-2-4(8)6(5(3)9)12(10)11/h1-2H,9H2,(H,10,11). The first-order chi connectivity index (χ1) is 5.54. The zero-order valence-electron chi connectivity index (χ0n) is 5.75. The van der Waals surface area contributed by atoms with Crippen LogP contribution in [-0.4, -0.2) is 8.76 Å². The molecule has 66 valence electrons. The van der Waals surface area contributed by atoms with Gasteiger partial charge < -0.3 is 10.3 Å². The molecule has 12 heavy (non-hydrogen) atoms. The summed E-state index contributed by atoms with van der Waals surface area (Å²) in [6.45, 7) is 0. The SMILES string of the molecule is Nc1c(Cl)ccc(Cl)c1S(=O)O. The largest absolute Gasteiger partial charge is 0.396 e. The van der Waals surface area contributed by atoms with Gasteiger partial charge in [0.25, 0.3) is 0 Å². The number of nitrogens with two attached hydrogens (primary N) is 1. The molecule has 3 N–H and O–H groups in total. The maximum atomic E-state index is 10.7. The van der Waals surface area contributed by atoms with Crippen LogP contribution in [0.25, 0.3) is 0 Å². The van der Waals surface area contributed by atoms with Crippen LogP contribution in [-0.2, 0) is 11.1 Å². The normalized spacial score (nSPS) is 12.9. The highest BCUT2D eigenvalue weighted by atomic mass is 35.5. The Bertz CT molecular complexity index is 343. The summed E-state index contributed by atoms with van der Waals surface area (Å²) in [6, 6.07) is 2.89. The van der Waals surface area contributed by atoms with E-state index in [4.69, 9.17) is 33.5 Å². The smallest absolute Gasteiger partial charge is 0.190 e. The molecule has 0 spiro atoms. The summed E-state index contributed by atoms with van der Waals surface area (Å²) in [5.74, 6) is 0. The number of rotatable bonds is 1. The lowest BCUT2D eigenvalue weighted by molar-refractivity contribution is 0.565. The van der Waals surface area contributed by atoms with Crippen LogP contribution in [0, 0.1) is 0 Å². The molecule has 0 saturated carbocycles. The van der Waals surface area contributed by atoms with Gasteiger partial charge in [-0.15, -0.1) is 0 Å². The Morgan fingerprint density at radius 3 is 2.25 bits per heavy atom. The average Bonchev–Trinajstić information content (AvgIpc) is 1.97. The Morgan fingerprint density at radius 1 is 1.33 bits per heavy atom. The molecule has 0 aliphatic heterocycles. The third-order valence-corrected chi connectivity index (χ3v) is 2.82. The summed E-state index contributed by atoms with van der Waals surface area (Å²) in [5, 5.41) is 0.356. The lowest BCUT2D eigenvalue weighted by atomic mass is 10.3. The second-order valence-corrected chi connectivity index (χ2v) is 3.74. The van der Waals surface area contributed by atoms with Crippen LogP contribution in [0.1, 0.15) is 0 Å². The van der Waals surface area contributed by atoms with Gasteiger partial charge in [0.2, 0.25) is 0 Å². The van der Waals surface area contributed by atoms with Crippen LogP contribution in [0.3, 0.4) is 0 Å². The van der Waals surface area contributed by atoms with E-state index in [-0.39, 0.29) is 20.6 Å². The van der Waals surface area contributed by atoms with Gasteiger partial charge in [-0.2, -0.15) is 0 Å². The fourth-order valence-electron chi connectivity index (χ4n) is 0.726. The molecule has 0 heterocycles. The van der Waals surface area contributed by atoms with Crippen LogP contribution >= 0.6 is 23.2 Å². The fourth-order valence-corrected chi connectivity index (χ4v) is 1.84. The average molecular weight is 226 g/mol. The van der Waals surface area contributed by atoms with Crippen molar-refractivity contribution in [1.82, 2.24) is 0 Å². The molecule has 0 aliphatic rings. The molecule has 1 atom stereocenters. The zero-order chi connectivity index (χ0) is 9.30. The van der Waals surface area contributed by atoms with Crippen LogP contribution in [0.4, 0.5) is 5.69 Å². The molecule has 1 unspecified atom stereocenters. The van der Waals surface area contributed by atoms with Gasteiger partial charge in [-0.05, 0) is 12.1 Å². The van der Waals surface area contributed by atoms with E-state index in [1.165, 1.54) is 12.1 Å². The van der Waals surface area contributed by atoms with Gasteiger partial charge in [-0.25, -0.2) is 4.21 Å². The number of nitrogen functional groups attached to an aromatic ring is 1. The van der Waals surface area contributed by atoms with Crippen molar-refractivity contribution < 1.29 is 8.76 Å². The van der Waals surface area contributed by atoms with E-state index < -0.39 is 11.1 Å². The third kappa shape index (κ3) is 1.72. The predicted molar refractivity (Wildman–Crippen MR) is 49.9 cm³/mol. The molecule has 3 nitrogen and oxygen atoms in total. The van der Waals surface area contributed by atoms with Crippen molar-refractivity contribution in [3.8, 4) is 0 Å². The van der Waals surface area contributed by atoms with Crippen molar-refractivity contribution in [2.24, 2.45) is 0 Å². The van der Waals surface area contributed by atoms with Crippen molar-refractivity contribution in [2.45, 2.75) is 4.90 Å². The van der Waals surface area contributed by atoms with Gasteiger partial charge >= 0.3 is 0 Å². The van der Waals surface area contributed by atoms with Crippen LogP contribution in [0.5, 0.6) is 0 Å². The highest BCUT2D eigenvalue weighted by Crippen LogP contribution is 2.31. The Kier molecular flexibility index (Phi) is 2.95. The van der Waals surface area contributed by atoms with Gasteiger partial charge in [-0.3, -0.25) is 0 Å². The van der Waals surface area contributed by atoms with Gasteiger partial charge in [-0.1, -0.05) is 23.2 Å². The first kappa shape index (κ1) is 9.80. The van der Waals surface area contributed by atoms with E-state index >= 15 is 0 Å². The number of hydrogen-bond donors (Lipinski definition) is 2. The number of hydrogen-bond acceptors (Lipinski definition) is 2. The molecule has 1 rings (SSSR count). The Morgan fingerprint density at radius 2 is 1.83 bits per heavy atom. The minimum absolute atomic E-state index is 0.0378. The van der Waals surface area contributed by atoms with E-state index in [0.717, 1.165) is 0 Å². The topological polar surface area (TPSA) is 63.3 Å². The summed E-state index contributed by atoms with van der Waals surface area (Å²) < 4.78 is 19.4. The maximum Gasteiger partial charge on any atom is 0.190 e. The maximum absolute atomic E-state index is 10.7. The second-order valence-electron chi connectivity index (χ2n) is 2.02. The number of anilines is 1. The quantitative estimate of drug-likeness (QED) is 0.569. The van der Waals surface area contributed by atoms with Crippen LogP contribution in [0.15, 0.2) is 17.0 Å². The molecule has 0 fully saturated rings. The van der Waals surface area contributed by atoms with Crippen molar-refractivity contribution in [1.29, 1.82) is 0 Å². The molecule has 0 saturated heterocycles. The van der Waals surface area contributed by atoms with E-state index in [1.807, 2.05) is 0 Å². The van der Waals surface area contributed by atoms with E-state index in [2.05, 4.69) is 0 Å². The highest BCUT2D eigenvalue weighted by Gasteiger charge is 2.12. The third-order valence-electron chi connectivity index (χ3n) is 1.27. The minimum atomic E-state index is -2.20. The molecule has 0 amide bonds. The first-order valence-corrected chi connectivity index (χ1v) is 4.74. The number of halogens is 2. The van der Waals surface area contributed by atoms with Crippen LogP contribution in [0.2, 0.25) is 10.0 Å². The monoisotopic (exact) mass is 225 g/mol. The Balaban J connectivity index is 3.43. The molecular weight excluding hydrogens is 221 g/mol. The van der Waals surface area contributed by atoms with E-state index in [1.54, 1.807) is 0 Å². The molecule has 0 aromatic heterocycles. The molecule has 0 bridgehead atoms. The van der Waals surface area contributed by atoms with E-state index in [9.17, 15) is 4.21 Å². The first-order valence-electron chi connectivity index (χ1n) is 2.88. The lowest BCUT2D eigenvalue weighted by Crippen LogP contribution is -1.98. The molecular formula is C6H5Cl2NO2S. The molecule has 0 aliphatic carbocycles. The second kappa shape index (κ2) is 3.62. The summed E-state index contributed by atoms with van der Waals surface area (Å²) in [7, 11) is 0. The molecule has 1 aromatic carbocycles. The fraction of sp³-hybridized carbons (Fsp3) is 0. The predicted octanol–water partition coefficient (Wildman–Crippen LogP) is 2.16. The van der Waals surface area contributed by atoms with Gasteiger partial charge in [0.15, 0.2) is 11.1 Å². The van der Waals surface area contributed by atoms with Crippen molar-refractivity contribution in [3.63, 3.8) is 0 Å². The van der Waals surface area contributed by atoms with Crippen molar-refractivity contribution >= 4 is 40.0 Å². The minimum Gasteiger partial charge on any atom is -0.396 e. The summed E-state index contributed by atoms with van der Waals surface area (Å²) >= 11 is 9.00. The number of benzene rings is 1. The molecule has 6 heteroatoms. The Hall–Kier alpha value is -0.290. The highest BCUT2D eigenvalue weighted by molar-refractivity contribution is 7.79. The molecule has 1 aromatic rings. The lowest BCUT2D eigenvalue weighted by Gasteiger charge is -2.04. The van der Waals surface area contributed by atoms with Gasteiger partial charge in [0.1, 0.15) is 4.90 Å². The summed E-state index contributed by atoms with van der Waals surface area (Å²) in [6.07, 6.45) is 0. The van der Waals surface area contributed by atoms with Crippen molar-refractivity contribution in [2.75, 3.05) is 5.73 Å². The van der Waals surface area contributed by atoms with Crippen LogP contribution < -0.4 is 5.73 Å². The Labute approximate surface area is 81.8 Å². The van der Waals surface area contributed by atoms with Gasteiger partial charge in [0, 0.05) is 0 Å². The summed E-state index contributed by atoms with van der Waals surface area (Å²) in [4.78, 5) is -0.0378. The molecule has 0 radical (unpaired) electrons. The summed E-state index contributed by atoms with van der Waals surface area (Å²) in [5.41, 5.74) is 5.46. The van der Waals surface area contributed by atoms with Gasteiger partial charge in [0.05, 0.1) is 15.7 Å².